The fourth-order valence-electron chi connectivity index (χ4n) is 1.82. The van der Waals surface area contributed by atoms with Gasteiger partial charge in [-0.3, -0.25) is 4.98 Å². The molecule has 1 saturated carbocycles. The van der Waals surface area contributed by atoms with E-state index in [-0.39, 0.29) is 17.5 Å². The largest absolute Gasteiger partial charge is 0.325 e. The number of hydrogen-bond donors (Lipinski definition) is 2. The molecular weight excluding hydrogens is 238 g/mol. The Morgan fingerprint density at radius 3 is 2.88 bits per heavy atom. The standard InChI is InChI=1S/C11H17N3O2S/c1-8(9-4-5-9)14-17(15,16)11-3-2-6-13-10(11)7-12/h2-3,6,8-9,14H,4-5,7,12H2,1H3. The van der Waals surface area contributed by atoms with Crippen molar-refractivity contribution < 1.29 is 8.42 Å². The maximum atomic E-state index is 12.1. The molecule has 1 heterocycles. The van der Waals surface area contributed by atoms with Crippen LogP contribution in [0.2, 0.25) is 0 Å². The van der Waals surface area contributed by atoms with Crippen LogP contribution in [0.1, 0.15) is 25.5 Å². The Hall–Kier alpha value is -0.980. The van der Waals surface area contributed by atoms with Crippen LogP contribution in [-0.2, 0) is 16.6 Å². The predicted molar refractivity (Wildman–Crippen MR) is 64.6 cm³/mol. The van der Waals surface area contributed by atoms with Gasteiger partial charge in [-0.2, -0.15) is 0 Å². The van der Waals surface area contributed by atoms with Crippen LogP contribution in [0.5, 0.6) is 0 Å². The molecule has 94 valence electrons. The van der Waals surface area contributed by atoms with Gasteiger partial charge in [-0.05, 0) is 37.8 Å². The first-order valence-electron chi connectivity index (χ1n) is 5.71. The zero-order chi connectivity index (χ0) is 12.5. The van der Waals surface area contributed by atoms with E-state index in [1.54, 1.807) is 12.3 Å². The summed E-state index contributed by atoms with van der Waals surface area (Å²) in [5.41, 5.74) is 5.90. The lowest BCUT2D eigenvalue weighted by atomic mass is 10.2. The predicted octanol–water partition coefficient (Wildman–Crippen LogP) is 0.617. The molecular formula is C11H17N3O2S. The van der Waals surface area contributed by atoms with Crippen molar-refractivity contribution >= 4 is 10.0 Å². The summed E-state index contributed by atoms with van der Waals surface area (Å²) in [6, 6.07) is 3.12. The van der Waals surface area contributed by atoms with Crippen LogP contribution < -0.4 is 10.5 Å². The maximum absolute atomic E-state index is 12.1. The molecule has 1 aromatic rings. The zero-order valence-corrected chi connectivity index (χ0v) is 10.6. The van der Waals surface area contributed by atoms with Crippen LogP contribution in [0.4, 0.5) is 0 Å². The number of hydrogen-bond acceptors (Lipinski definition) is 4. The lowest BCUT2D eigenvalue weighted by Gasteiger charge is -2.14. The van der Waals surface area contributed by atoms with Crippen LogP contribution in [0.15, 0.2) is 23.2 Å². The Morgan fingerprint density at radius 1 is 1.59 bits per heavy atom. The monoisotopic (exact) mass is 255 g/mol. The molecule has 0 amide bonds. The van der Waals surface area contributed by atoms with Crippen molar-refractivity contribution in [2.75, 3.05) is 0 Å². The maximum Gasteiger partial charge on any atom is 0.242 e. The van der Waals surface area contributed by atoms with Crippen LogP contribution in [0, 0.1) is 5.92 Å². The molecule has 0 spiro atoms. The summed E-state index contributed by atoms with van der Waals surface area (Å²) in [5.74, 6) is 0.475. The van der Waals surface area contributed by atoms with Gasteiger partial charge in [0.05, 0.1) is 5.69 Å². The summed E-state index contributed by atoms with van der Waals surface area (Å²) in [7, 11) is -3.50. The van der Waals surface area contributed by atoms with Gasteiger partial charge in [0.1, 0.15) is 4.90 Å². The minimum absolute atomic E-state index is 0.0224. The molecule has 0 aromatic carbocycles. The van der Waals surface area contributed by atoms with Crippen LogP contribution in [0.3, 0.4) is 0 Å². The number of nitrogens with zero attached hydrogens (tertiary/aromatic N) is 1. The summed E-state index contributed by atoms with van der Waals surface area (Å²) in [6.07, 6.45) is 3.74. The normalized spacial score (nSPS) is 18.0. The fraction of sp³-hybridized carbons (Fsp3) is 0.545. The van der Waals surface area contributed by atoms with Crippen LogP contribution >= 0.6 is 0 Å². The van der Waals surface area contributed by atoms with Crippen molar-refractivity contribution in [1.29, 1.82) is 0 Å². The van der Waals surface area contributed by atoms with Crippen LogP contribution in [0.25, 0.3) is 0 Å². The third-order valence-corrected chi connectivity index (χ3v) is 4.63. The second kappa shape index (κ2) is 4.72. The molecule has 6 heteroatoms. The topological polar surface area (TPSA) is 85.1 Å². The first kappa shape index (κ1) is 12.5. The number of pyridine rings is 1. The molecule has 1 aromatic heterocycles. The molecule has 3 N–H and O–H groups in total. The van der Waals surface area contributed by atoms with Crippen molar-refractivity contribution in [3.63, 3.8) is 0 Å². The van der Waals surface area contributed by atoms with Gasteiger partial charge < -0.3 is 5.73 Å². The highest BCUT2D eigenvalue weighted by molar-refractivity contribution is 7.89. The van der Waals surface area contributed by atoms with E-state index in [0.717, 1.165) is 12.8 Å². The summed E-state index contributed by atoms with van der Waals surface area (Å²) in [6.45, 7) is 2.02. The Labute approximate surface area is 101 Å². The SMILES string of the molecule is CC(NS(=O)(=O)c1cccnc1CN)C1CC1. The van der Waals surface area contributed by atoms with E-state index in [9.17, 15) is 8.42 Å². The van der Waals surface area contributed by atoms with Gasteiger partial charge in [0.15, 0.2) is 0 Å². The molecule has 0 radical (unpaired) electrons. The van der Waals surface area contributed by atoms with E-state index in [4.69, 9.17) is 5.73 Å². The molecule has 0 saturated heterocycles. The van der Waals surface area contributed by atoms with Crippen molar-refractivity contribution in [2.24, 2.45) is 11.7 Å². The Bertz CT molecular complexity index is 497. The van der Waals surface area contributed by atoms with E-state index in [1.165, 1.54) is 6.07 Å². The quantitative estimate of drug-likeness (QED) is 0.807. The molecule has 0 bridgehead atoms. The van der Waals surface area contributed by atoms with Crippen molar-refractivity contribution in [2.45, 2.75) is 37.2 Å². The smallest absolute Gasteiger partial charge is 0.242 e. The van der Waals surface area contributed by atoms with Crippen LogP contribution in [-0.4, -0.2) is 19.4 Å². The molecule has 1 fully saturated rings. The first-order valence-corrected chi connectivity index (χ1v) is 7.19. The second-order valence-electron chi connectivity index (χ2n) is 4.40. The first-order chi connectivity index (χ1) is 8.04. The van der Waals surface area contributed by atoms with Gasteiger partial charge in [-0.25, -0.2) is 13.1 Å². The van der Waals surface area contributed by atoms with Gasteiger partial charge >= 0.3 is 0 Å². The average Bonchev–Trinajstić information content (AvgIpc) is 3.12. The van der Waals surface area contributed by atoms with Gasteiger partial charge in [0.2, 0.25) is 10.0 Å². The molecule has 0 aliphatic heterocycles. The molecule has 1 unspecified atom stereocenters. The van der Waals surface area contributed by atoms with Crippen molar-refractivity contribution in [3.05, 3.63) is 24.0 Å². The van der Waals surface area contributed by atoms with E-state index in [2.05, 4.69) is 9.71 Å². The van der Waals surface area contributed by atoms with Gasteiger partial charge in [0.25, 0.3) is 0 Å². The number of nitrogens with one attached hydrogen (secondary N) is 1. The molecule has 5 nitrogen and oxygen atoms in total. The Balaban J connectivity index is 2.24. The molecule has 17 heavy (non-hydrogen) atoms. The molecule has 2 rings (SSSR count). The zero-order valence-electron chi connectivity index (χ0n) is 9.76. The fourth-order valence-corrected chi connectivity index (χ4v) is 3.33. The minimum atomic E-state index is -3.50. The summed E-state index contributed by atoms with van der Waals surface area (Å²) in [4.78, 5) is 4.18. The lowest BCUT2D eigenvalue weighted by Crippen LogP contribution is -2.34. The van der Waals surface area contributed by atoms with Gasteiger partial charge in [-0.15, -0.1) is 0 Å². The highest BCUT2D eigenvalue weighted by atomic mass is 32.2. The highest BCUT2D eigenvalue weighted by Crippen LogP contribution is 2.33. The van der Waals surface area contributed by atoms with Gasteiger partial charge in [0, 0.05) is 18.8 Å². The van der Waals surface area contributed by atoms with E-state index < -0.39 is 10.0 Å². The number of sulfonamides is 1. The summed E-state index contributed by atoms with van der Waals surface area (Å²) >= 11 is 0. The van der Waals surface area contributed by atoms with Gasteiger partial charge in [-0.1, -0.05) is 0 Å². The minimum Gasteiger partial charge on any atom is -0.325 e. The average molecular weight is 255 g/mol. The third-order valence-electron chi connectivity index (χ3n) is 3.00. The van der Waals surface area contributed by atoms with Crippen molar-refractivity contribution in [1.82, 2.24) is 9.71 Å². The number of rotatable bonds is 5. The number of nitrogens with two attached hydrogens (primary N) is 1. The van der Waals surface area contributed by atoms with E-state index in [1.807, 2.05) is 6.92 Å². The lowest BCUT2D eigenvalue weighted by molar-refractivity contribution is 0.536. The Morgan fingerprint density at radius 2 is 2.29 bits per heavy atom. The second-order valence-corrected chi connectivity index (χ2v) is 6.08. The van der Waals surface area contributed by atoms with E-state index >= 15 is 0 Å². The third kappa shape index (κ3) is 2.83. The Kier molecular flexibility index (Phi) is 3.46. The summed E-state index contributed by atoms with van der Waals surface area (Å²) < 4.78 is 27.0. The van der Waals surface area contributed by atoms with Crippen molar-refractivity contribution in [3.8, 4) is 0 Å². The summed E-state index contributed by atoms with van der Waals surface area (Å²) in [5, 5.41) is 0. The highest BCUT2D eigenvalue weighted by Gasteiger charge is 2.31. The molecule has 1 aliphatic carbocycles. The van der Waals surface area contributed by atoms with E-state index in [0.29, 0.717) is 11.6 Å². The molecule has 1 atom stereocenters. The number of aromatic nitrogens is 1. The molecule has 1 aliphatic rings.